The van der Waals surface area contributed by atoms with E-state index < -0.39 is 0 Å². The van der Waals surface area contributed by atoms with Crippen LogP contribution in [-0.4, -0.2) is 42.1 Å². The molecule has 2 N–H and O–H groups in total. The Kier molecular flexibility index (Phi) is 4.15. The van der Waals surface area contributed by atoms with Crippen molar-refractivity contribution >= 4 is 5.91 Å². The zero-order valence-electron chi connectivity index (χ0n) is 12.7. The van der Waals surface area contributed by atoms with Gasteiger partial charge in [0.2, 0.25) is 0 Å². The molecule has 1 fully saturated rings. The number of phenols is 1. The third-order valence-corrected chi connectivity index (χ3v) is 4.76. The number of hydrogen-bond acceptors (Lipinski definition) is 3. The van der Waals surface area contributed by atoms with E-state index in [1.54, 1.807) is 6.07 Å². The number of phenolic OH excluding ortho intramolecular Hbond substituents is 1. The van der Waals surface area contributed by atoms with Gasteiger partial charge in [-0.15, -0.1) is 0 Å². The lowest BCUT2D eigenvalue weighted by molar-refractivity contribution is 0.0914. The first-order valence-corrected chi connectivity index (χ1v) is 7.97. The van der Waals surface area contributed by atoms with Gasteiger partial charge in [-0.2, -0.15) is 0 Å². The van der Waals surface area contributed by atoms with Gasteiger partial charge in [-0.3, -0.25) is 4.79 Å². The van der Waals surface area contributed by atoms with E-state index in [1.165, 1.54) is 24.0 Å². The van der Waals surface area contributed by atoms with Crippen LogP contribution in [0.1, 0.15) is 47.2 Å². The van der Waals surface area contributed by atoms with Gasteiger partial charge in [0.15, 0.2) is 0 Å². The molecular weight excluding hydrogens is 264 g/mol. The number of likely N-dealkylation sites (tertiary alicyclic amines) is 1. The topological polar surface area (TPSA) is 52.6 Å². The summed E-state index contributed by atoms with van der Waals surface area (Å²) in [7, 11) is 2.10. The molecule has 0 radical (unpaired) electrons. The van der Waals surface area contributed by atoms with Crippen LogP contribution in [0.2, 0.25) is 0 Å². The number of rotatable bonds is 2. The number of piperidine rings is 1. The highest BCUT2D eigenvalue weighted by Crippen LogP contribution is 2.28. The maximum absolute atomic E-state index is 12.4. The van der Waals surface area contributed by atoms with E-state index in [-0.39, 0.29) is 17.7 Å². The Morgan fingerprint density at radius 3 is 2.48 bits per heavy atom. The minimum atomic E-state index is -0.129. The SMILES string of the molecule is CN1CCC(NC(=O)c2cc3c(cc2O)CCCC3)CC1. The number of fused-ring (bicyclic) bond motifs is 1. The van der Waals surface area contributed by atoms with Crippen molar-refractivity contribution in [1.82, 2.24) is 10.2 Å². The van der Waals surface area contributed by atoms with Crippen LogP contribution in [0.5, 0.6) is 5.75 Å². The van der Waals surface area contributed by atoms with Gasteiger partial charge in [0.1, 0.15) is 5.75 Å². The highest BCUT2D eigenvalue weighted by molar-refractivity contribution is 5.97. The fraction of sp³-hybridized carbons (Fsp3) is 0.588. The molecule has 1 aromatic carbocycles. The second kappa shape index (κ2) is 6.06. The van der Waals surface area contributed by atoms with Crippen molar-refractivity contribution < 1.29 is 9.90 Å². The Morgan fingerprint density at radius 1 is 1.19 bits per heavy atom. The summed E-state index contributed by atoms with van der Waals surface area (Å²) in [6, 6.07) is 3.91. The number of aryl methyl sites for hydroxylation is 2. The van der Waals surface area contributed by atoms with Crippen molar-refractivity contribution in [1.29, 1.82) is 0 Å². The van der Waals surface area contributed by atoms with Gasteiger partial charge < -0.3 is 15.3 Å². The van der Waals surface area contributed by atoms with Crippen molar-refractivity contribution in [2.24, 2.45) is 0 Å². The van der Waals surface area contributed by atoms with Gasteiger partial charge in [-0.25, -0.2) is 0 Å². The van der Waals surface area contributed by atoms with Gasteiger partial charge in [0, 0.05) is 6.04 Å². The molecule has 114 valence electrons. The van der Waals surface area contributed by atoms with Crippen LogP contribution in [0.3, 0.4) is 0 Å². The first-order chi connectivity index (χ1) is 10.1. The van der Waals surface area contributed by atoms with Crippen LogP contribution >= 0.6 is 0 Å². The smallest absolute Gasteiger partial charge is 0.255 e. The van der Waals surface area contributed by atoms with Gasteiger partial charge in [-0.05, 0) is 81.9 Å². The van der Waals surface area contributed by atoms with E-state index in [0.29, 0.717) is 5.56 Å². The molecule has 0 unspecified atom stereocenters. The van der Waals surface area contributed by atoms with E-state index in [2.05, 4.69) is 17.3 Å². The maximum Gasteiger partial charge on any atom is 0.255 e. The number of carbonyl (C=O) groups excluding carboxylic acids is 1. The summed E-state index contributed by atoms with van der Waals surface area (Å²) in [6.45, 7) is 2.03. The summed E-state index contributed by atoms with van der Waals surface area (Å²) < 4.78 is 0. The van der Waals surface area contributed by atoms with E-state index in [0.717, 1.165) is 38.8 Å². The standard InChI is InChI=1S/C17H24N2O2/c1-19-8-6-14(7-9-19)18-17(21)15-10-12-4-2-3-5-13(12)11-16(15)20/h10-11,14,20H,2-9H2,1H3,(H,18,21). The summed E-state index contributed by atoms with van der Waals surface area (Å²) in [5.41, 5.74) is 2.87. The van der Waals surface area contributed by atoms with Crippen molar-refractivity contribution in [3.63, 3.8) is 0 Å². The van der Waals surface area contributed by atoms with Crippen LogP contribution in [0.25, 0.3) is 0 Å². The second-order valence-corrected chi connectivity index (χ2v) is 6.40. The molecule has 1 aliphatic carbocycles. The first kappa shape index (κ1) is 14.4. The van der Waals surface area contributed by atoms with Gasteiger partial charge >= 0.3 is 0 Å². The molecule has 1 amide bonds. The molecule has 4 heteroatoms. The molecule has 1 aliphatic heterocycles. The number of amides is 1. The Hall–Kier alpha value is -1.55. The van der Waals surface area contributed by atoms with E-state index >= 15 is 0 Å². The average molecular weight is 288 g/mol. The average Bonchev–Trinajstić information content (AvgIpc) is 2.49. The lowest BCUT2D eigenvalue weighted by Crippen LogP contribution is -2.43. The van der Waals surface area contributed by atoms with Crippen LogP contribution in [0.15, 0.2) is 12.1 Å². The van der Waals surface area contributed by atoms with Crippen LogP contribution in [0.4, 0.5) is 0 Å². The summed E-state index contributed by atoms with van der Waals surface area (Å²) in [6.07, 6.45) is 6.34. The Balaban J connectivity index is 1.72. The van der Waals surface area contributed by atoms with Crippen LogP contribution in [0, 0.1) is 0 Å². The molecule has 4 nitrogen and oxygen atoms in total. The number of carbonyl (C=O) groups is 1. The van der Waals surface area contributed by atoms with Crippen molar-refractivity contribution in [2.75, 3.05) is 20.1 Å². The lowest BCUT2D eigenvalue weighted by Gasteiger charge is -2.29. The summed E-state index contributed by atoms with van der Waals surface area (Å²) in [5.74, 6) is -0.00324. The third kappa shape index (κ3) is 3.21. The maximum atomic E-state index is 12.4. The van der Waals surface area contributed by atoms with E-state index in [1.807, 2.05) is 6.07 Å². The second-order valence-electron chi connectivity index (χ2n) is 6.40. The van der Waals surface area contributed by atoms with Gasteiger partial charge in [-0.1, -0.05) is 0 Å². The van der Waals surface area contributed by atoms with Crippen LogP contribution in [-0.2, 0) is 12.8 Å². The monoisotopic (exact) mass is 288 g/mol. The molecule has 0 aromatic heterocycles. The van der Waals surface area contributed by atoms with Gasteiger partial charge in [0.05, 0.1) is 5.56 Å². The number of hydrogen-bond donors (Lipinski definition) is 2. The number of benzene rings is 1. The zero-order valence-corrected chi connectivity index (χ0v) is 12.7. The summed E-state index contributed by atoms with van der Waals surface area (Å²) >= 11 is 0. The lowest BCUT2D eigenvalue weighted by atomic mass is 9.89. The molecule has 3 rings (SSSR count). The Labute approximate surface area is 126 Å². The Bertz CT molecular complexity index is 534. The fourth-order valence-corrected chi connectivity index (χ4v) is 3.37. The normalized spacial score (nSPS) is 20.0. The molecule has 1 saturated heterocycles. The molecule has 0 atom stereocenters. The van der Waals surface area contributed by atoms with Gasteiger partial charge in [0.25, 0.3) is 5.91 Å². The molecular formula is C17H24N2O2. The van der Waals surface area contributed by atoms with E-state index in [9.17, 15) is 9.90 Å². The van der Waals surface area contributed by atoms with E-state index in [4.69, 9.17) is 0 Å². The highest BCUT2D eigenvalue weighted by atomic mass is 16.3. The highest BCUT2D eigenvalue weighted by Gasteiger charge is 2.22. The first-order valence-electron chi connectivity index (χ1n) is 7.97. The van der Waals surface area contributed by atoms with Crippen LogP contribution < -0.4 is 5.32 Å². The molecule has 0 bridgehead atoms. The molecule has 1 heterocycles. The third-order valence-electron chi connectivity index (χ3n) is 4.76. The minimum absolute atomic E-state index is 0.126. The fourth-order valence-electron chi connectivity index (χ4n) is 3.37. The van der Waals surface area contributed by atoms with Crippen molar-refractivity contribution in [2.45, 2.75) is 44.6 Å². The predicted molar refractivity (Wildman–Crippen MR) is 82.7 cm³/mol. The number of nitrogens with zero attached hydrogens (tertiary/aromatic N) is 1. The number of aromatic hydroxyl groups is 1. The molecule has 2 aliphatic rings. The van der Waals surface area contributed by atoms with Crippen molar-refractivity contribution in [3.05, 3.63) is 28.8 Å². The zero-order chi connectivity index (χ0) is 14.8. The molecule has 1 aromatic rings. The predicted octanol–water partition coefficient (Wildman–Crippen LogP) is 2.09. The largest absolute Gasteiger partial charge is 0.507 e. The Morgan fingerprint density at radius 2 is 1.81 bits per heavy atom. The molecule has 0 spiro atoms. The summed E-state index contributed by atoms with van der Waals surface area (Å²) in [5, 5.41) is 13.2. The summed E-state index contributed by atoms with van der Waals surface area (Å²) in [4.78, 5) is 14.7. The van der Waals surface area contributed by atoms with Crippen molar-refractivity contribution in [3.8, 4) is 5.75 Å². The minimum Gasteiger partial charge on any atom is -0.507 e. The number of nitrogens with one attached hydrogen (secondary N) is 1. The quantitative estimate of drug-likeness (QED) is 0.876. The molecule has 21 heavy (non-hydrogen) atoms. The molecule has 0 saturated carbocycles.